The molecular weight excluding hydrogens is 388 g/mol. The molecule has 1 fully saturated rings. The Labute approximate surface area is 164 Å². The molecule has 2 aromatic rings. The van der Waals surface area contributed by atoms with Crippen molar-refractivity contribution in [2.24, 2.45) is 11.7 Å². The second-order valence-electron chi connectivity index (χ2n) is 7.68. The largest absolute Gasteiger partial charge is 0.369 e. The van der Waals surface area contributed by atoms with Crippen molar-refractivity contribution in [3.05, 3.63) is 71.8 Å². The number of nitrogens with zero attached hydrogens (tertiary/aromatic N) is 1. The maximum Gasteiger partial charge on any atom is 0.233 e. The Morgan fingerprint density at radius 2 is 1.65 bits per heavy atom. The highest BCUT2D eigenvalue weighted by molar-refractivity contribution is 9.09. The first-order valence-corrected chi connectivity index (χ1v) is 10.5. The summed E-state index contributed by atoms with van der Waals surface area (Å²) in [4.78, 5) is 13.0. The predicted octanol–water partition coefficient (Wildman–Crippen LogP) is 3.71. The van der Waals surface area contributed by atoms with E-state index in [1.54, 1.807) is 0 Å². The summed E-state index contributed by atoms with van der Waals surface area (Å²) >= 11 is 3.55. The molecule has 1 aliphatic heterocycles. The standard InChI is InChI=1S/C22H27BrN2O/c1-25(15-8-14-23)16-13-20(17-25)22(21(24)26,18-9-4-2-5-10-18)19-11-6-3-7-12-19/h2-7,9-12,20H,8,13-17H2,1H3,(H-,24,26)/p+1/t20?,25-/m1/s1. The van der Waals surface area contributed by atoms with Crippen LogP contribution in [0.3, 0.4) is 0 Å². The van der Waals surface area contributed by atoms with Crippen molar-refractivity contribution < 1.29 is 9.28 Å². The maximum atomic E-state index is 13.0. The molecule has 0 aliphatic carbocycles. The summed E-state index contributed by atoms with van der Waals surface area (Å²) in [7, 11) is 2.31. The average molecular weight is 416 g/mol. The highest BCUT2D eigenvalue weighted by atomic mass is 79.9. The number of likely N-dealkylation sites (tertiary alicyclic amines) is 1. The third kappa shape index (κ3) is 3.45. The van der Waals surface area contributed by atoms with E-state index in [1.807, 2.05) is 36.4 Å². The molecule has 4 heteroatoms. The molecule has 0 radical (unpaired) electrons. The molecule has 1 aliphatic rings. The van der Waals surface area contributed by atoms with E-state index >= 15 is 0 Å². The number of carbonyl (C=O) groups excluding carboxylic acids is 1. The van der Waals surface area contributed by atoms with Gasteiger partial charge in [-0.1, -0.05) is 76.6 Å². The lowest BCUT2D eigenvalue weighted by atomic mass is 9.64. The van der Waals surface area contributed by atoms with Gasteiger partial charge in [0.2, 0.25) is 5.91 Å². The number of halogens is 1. The summed E-state index contributed by atoms with van der Waals surface area (Å²) in [6.45, 7) is 3.19. The second kappa shape index (κ2) is 7.93. The van der Waals surface area contributed by atoms with Gasteiger partial charge in [-0.15, -0.1) is 0 Å². The molecule has 0 aromatic heterocycles. The number of quaternary nitrogens is 1. The van der Waals surface area contributed by atoms with E-state index in [2.05, 4.69) is 47.2 Å². The topological polar surface area (TPSA) is 43.1 Å². The van der Waals surface area contributed by atoms with Gasteiger partial charge in [-0.2, -0.15) is 0 Å². The first-order chi connectivity index (χ1) is 12.5. The minimum atomic E-state index is -0.771. The van der Waals surface area contributed by atoms with Crippen LogP contribution < -0.4 is 5.73 Å². The molecule has 1 heterocycles. The van der Waals surface area contributed by atoms with Crippen molar-refractivity contribution in [1.29, 1.82) is 0 Å². The zero-order valence-electron chi connectivity index (χ0n) is 15.4. The average Bonchev–Trinajstić information content (AvgIpc) is 3.05. The fraction of sp³-hybridized carbons (Fsp3) is 0.409. The molecule has 3 nitrogen and oxygen atoms in total. The highest BCUT2D eigenvalue weighted by Gasteiger charge is 2.53. The van der Waals surface area contributed by atoms with Gasteiger partial charge in [0, 0.05) is 24.1 Å². The first-order valence-electron chi connectivity index (χ1n) is 9.33. The van der Waals surface area contributed by atoms with E-state index in [0.717, 1.165) is 53.4 Å². The molecule has 0 spiro atoms. The number of primary amides is 1. The van der Waals surface area contributed by atoms with Gasteiger partial charge >= 0.3 is 0 Å². The number of hydrogen-bond donors (Lipinski definition) is 1. The zero-order valence-corrected chi connectivity index (χ0v) is 17.0. The van der Waals surface area contributed by atoms with Crippen LogP contribution >= 0.6 is 15.9 Å². The van der Waals surface area contributed by atoms with Crippen LogP contribution in [-0.2, 0) is 10.2 Å². The summed E-state index contributed by atoms with van der Waals surface area (Å²) < 4.78 is 1.00. The van der Waals surface area contributed by atoms with Crippen LogP contribution in [0.4, 0.5) is 0 Å². The summed E-state index contributed by atoms with van der Waals surface area (Å²) in [5, 5.41) is 1.02. The van der Waals surface area contributed by atoms with Crippen molar-refractivity contribution in [2.45, 2.75) is 18.3 Å². The Morgan fingerprint density at radius 1 is 1.12 bits per heavy atom. The first kappa shape index (κ1) is 19.1. The fourth-order valence-electron chi connectivity index (χ4n) is 4.71. The molecule has 0 saturated carbocycles. The molecule has 1 saturated heterocycles. The Hall–Kier alpha value is -1.65. The van der Waals surface area contributed by atoms with Crippen molar-refractivity contribution in [2.75, 3.05) is 32.0 Å². The number of hydrogen-bond acceptors (Lipinski definition) is 1. The van der Waals surface area contributed by atoms with E-state index in [4.69, 9.17) is 5.73 Å². The molecule has 0 bridgehead atoms. The lowest BCUT2D eigenvalue weighted by Crippen LogP contribution is -2.51. The van der Waals surface area contributed by atoms with Crippen molar-refractivity contribution in [3.8, 4) is 0 Å². The van der Waals surface area contributed by atoms with E-state index < -0.39 is 5.41 Å². The SMILES string of the molecule is C[N@@+]1(CCCBr)CCC(C(C(N)=O)(c2ccccc2)c2ccccc2)C1. The minimum absolute atomic E-state index is 0.199. The minimum Gasteiger partial charge on any atom is -0.369 e. The molecule has 1 amide bonds. The van der Waals surface area contributed by atoms with Gasteiger partial charge in [-0.05, 0) is 11.1 Å². The van der Waals surface area contributed by atoms with Gasteiger partial charge in [0.15, 0.2) is 0 Å². The number of alkyl halides is 1. The van der Waals surface area contributed by atoms with Crippen molar-refractivity contribution in [1.82, 2.24) is 0 Å². The van der Waals surface area contributed by atoms with Gasteiger partial charge in [0.25, 0.3) is 0 Å². The van der Waals surface area contributed by atoms with E-state index in [-0.39, 0.29) is 11.8 Å². The molecule has 138 valence electrons. The monoisotopic (exact) mass is 415 g/mol. The number of benzene rings is 2. The third-order valence-corrected chi connectivity index (χ3v) is 6.53. The van der Waals surface area contributed by atoms with Gasteiger partial charge in [0.1, 0.15) is 5.41 Å². The molecule has 3 rings (SSSR count). The Kier molecular flexibility index (Phi) is 5.83. The molecular formula is C22H28BrN2O+. The van der Waals surface area contributed by atoms with Gasteiger partial charge in [0.05, 0.1) is 26.7 Å². The molecule has 26 heavy (non-hydrogen) atoms. The van der Waals surface area contributed by atoms with Crippen molar-refractivity contribution >= 4 is 21.8 Å². The van der Waals surface area contributed by atoms with Gasteiger partial charge < -0.3 is 10.2 Å². The predicted molar refractivity (Wildman–Crippen MR) is 110 cm³/mol. The van der Waals surface area contributed by atoms with Crippen LogP contribution in [0.15, 0.2) is 60.7 Å². The molecule has 1 unspecified atom stereocenters. The van der Waals surface area contributed by atoms with E-state index in [0.29, 0.717) is 0 Å². The van der Waals surface area contributed by atoms with Gasteiger partial charge in [-0.3, -0.25) is 4.79 Å². The Bertz CT molecular complexity index is 695. The molecule has 2 aromatic carbocycles. The quantitative estimate of drug-likeness (QED) is 0.543. The normalized spacial score (nSPS) is 23.1. The van der Waals surface area contributed by atoms with Crippen LogP contribution in [0, 0.1) is 5.92 Å². The second-order valence-corrected chi connectivity index (χ2v) is 8.47. The zero-order chi connectivity index (χ0) is 18.6. The number of carbonyl (C=O) groups is 1. The third-order valence-electron chi connectivity index (χ3n) is 5.97. The summed E-state index contributed by atoms with van der Waals surface area (Å²) in [5.41, 5.74) is 7.40. The van der Waals surface area contributed by atoms with E-state index in [9.17, 15) is 4.79 Å². The maximum absolute atomic E-state index is 13.0. The number of rotatable bonds is 7. The molecule has 2 atom stereocenters. The lowest BCUT2D eigenvalue weighted by molar-refractivity contribution is -0.899. The summed E-state index contributed by atoms with van der Waals surface area (Å²) in [6, 6.07) is 20.2. The van der Waals surface area contributed by atoms with Crippen LogP contribution in [0.25, 0.3) is 0 Å². The fourth-order valence-corrected chi connectivity index (χ4v) is 4.96. The smallest absolute Gasteiger partial charge is 0.233 e. The van der Waals surface area contributed by atoms with Crippen LogP contribution in [0.1, 0.15) is 24.0 Å². The van der Waals surface area contributed by atoms with Crippen LogP contribution in [-0.4, -0.2) is 42.4 Å². The number of nitrogens with two attached hydrogens (primary N) is 1. The number of amides is 1. The Balaban J connectivity index is 2.09. The van der Waals surface area contributed by atoms with Crippen molar-refractivity contribution in [3.63, 3.8) is 0 Å². The van der Waals surface area contributed by atoms with Gasteiger partial charge in [-0.25, -0.2) is 0 Å². The highest BCUT2D eigenvalue weighted by Crippen LogP contribution is 2.45. The lowest BCUT2D eigenvalue weighted by Gasteiger charge is -2.38. The summed E-state index contributed by atoms with van der Waals surface area (Å²) in [5.74, 6) is -0.0426. The molecule has 2 N–H and O–H groups in total. The Morgan fingerprint density at radius 3 is 2.12 bits per heavy atom. The van der Waals surface area contributed by atoms with Crippen LogP contribution in [0.2, 0.25) is 0 Å². The van der Waals surface area contributed by atoms with Crippen LogP contribution in [0.5, 0.6) is 0 Å². The van der Waals surface area contributed by atoms with E-state index in [1.165, 1.54) is 0 Å². The summed E-state index contributed by atoms with van der Waals surface area (Å²) in [6.07, 6.45) is 2.15.